The number of esters is 1. The minimum Gasteiger partial charge on any atom is -0.493 e. The molecule has 6 nitrogen and oxygen atoms in total. The van der Waals surface area contributed by atoms with Crippen LogP contribution in [0.1, 0.15) is 25.0 Å². The molecule has 0 bridgehead atoms. The monoisotopic (exact) mass is 367 g/mol. The number of aliphatic imine (C=N–C) groups is 1. The molecule has 0 spiro atoms. The van der Waals surface area contributed by atoms with Crippen LogP contribution in [0.2, 0.25) is 0 Å². The van der Waals surface area contributed by atoms with Crippen LogP contribution in [0.15, 0.2) is 53.2 Å². The lowest BCUT2D eigenvalue weighted by atomic mass is 10.1. The standard InChI is InChI=1S/C21H21NO5/c1-4-25-17-9-7-6-8-15(17)20-22-16(21(23)27-20)12-14-10-11-18(24-3)19(13-14)26-5-2/h6-13H,4-5H2,1-3H3/b16-12-. The molecule has 3 rings (SSSR count). The molecule has 0 radical (unpaired) electrons. The highest BCUT2D eigenvalue weighted by Crippen LogP contribution is 2.30. The molecule has 0 aliphatic carbocycles. The predicted molar refractivity (Wildman–Crippen MR) is 102 cm³/mol. The van der Waals surface area contributed by atoms with E-state index >= 15 is 0 Å². The van der Waals surface area contributed by atoms with E-state index in [9.17, 15) is 4.79 Å². The van der Waals surface area contributed by atoms with Gasteiger partial charge in [-0.15, -0.1) is 0 Å². The van der Waals surface area contributed by atoms with Crippen molar-refractivity contribution in [3.8, 4) is 17.2 Å². The van der Waals surface area contributed by atoms with Gasteiger partial charge in [0.25, 0.3) is 0 Å². The minimum absolute atomic E-state index is 0.212. The smallest absolute Gasteiger partial charge is 0.363 e. The van der Waals surface area contributed by atoms with Crippen LogP contribution in [-0.4, -0.2) is 32.2 Å². The largest absolute Gasteiger partial charge is 0.493 e. The van der Waals surface area contributed by atoms with E-state index in [1.807, 2.05) is 38.1 Å². The number of cyclic esters (lactones) is 1. The first kappa shape index (κ1) is 18.5. The van der Waals surface area contributed by atoms with Gasteiger partial charge in [0.05, 0.1) is 25.9 Å². The van der Waals surface area contributed by atoms with Gasteiger partial charge in [-0.05, 0) is 49.8 Å². The molecular weight excluding hydrogens is 346 g/mol. The Hall–Kier alpha value is -3.28. The van der Waals surface area contributed by atoms with Crippen LogP contribution in [-0.2, 0) is 9.53 Å². The summed E-state index contributed by atoms with van der Waals surface area (Å²) in [6, 6.07) is 12.7. The van der Waals surface area contributed by atoms with Crippen molar-refractivity contribution < 1.29 is 23.7 Å². The third kappa shape index (κ3) is 4.11. The molecule has 6 heteroatoms. The zero-order chi connectivity index (χ0) is 19.2. The molecule has 0 fully saturated rings. The summed E-state index contributed by atoms with van der Waals surface area (Å²) < 4.78 is 21.8. The van der Waals surface area contributed by atoms with Gasteiger partial charge in [0, 0.05) is 0 Å². The van der Waals surface area contributed by atoms with Gasteiger partial charge in [0.1, 0.15) is 5.75 Å². The Morgan fingerprint density at radius 1 is 1.00 bits per heavy atom. The number of nitrogens with zero attached hydrogens (tertiary/aromatic N) is 1. The Morgan fingerprint density at radius 2 is 1.74 bits per heavy atom. The maximum atomic E-state index is 12.3. The van der Waals surface area contributed by atoms with Crippen LogP contribution < -0.4 is 14.2 Å². The van der Waals surface area contributed by atoms with Crippen molar-refractivity contribution in [2.45, 2.75) is 13.8 Å². The first-order valence-electron chi connectivity index (χ1n) is 8.71. The van der Waals surface area contributed by atoms with E-state index in [1.54, 1.807) is 31.4 Å². The van der Waals surface area contributed by atoms with Crippen molar-refractivity contribution in [2.24, 2.45) is 4.99 Å². The number of para-hydroxylation sites is 1. The van der Waals surface area contributed by atoms with Gasteiger partial charge in [-0.25, -0.2) is 9.79 Å². The highest BCUT2D eigenvalue weighted by molar-refractivity contribution is 6.13. The second-order valence-corrected chi connectivity index (χ2v) is 5.61. The molecule has 0 N–H and O–H groups in total. The Balaban J connectivity index is 1.94. The SMILES string of the molecule is CCOc1cc(/C=C2\N=C(c3ccccc3OCC)OC2=O)ccc1OC. The van der Waals surface area contributed by atoms with E-state index in [1.165, 1.54) is 0 Å². The van der Waals surface area contributed by atoms with E-state index in [-0.39, 0.29) is 11.6 Å². The first-order valence-corrected chi connectivity index (χ1v) is 8.71. The van der Waals surface area contributed by atoms with Crippen LogP contribution >= 0.6 is 0 Å². The van der Waals surface area contributed by atoms with Gasteiger partial charge in [-0.1, -0.05) is 18.2 Å². The number of methoxy groups -OCH3 is 1. The van der Waals surface area contributed by atoms with E-state index in [4.69, 9.17) is 18.9 Å². The Labute approximate surface area is 158 Å². The van der Waals surface area contributed by atoms with Crippen LogP contribution in [0.5, 0.6) is 17.2 Å². The van der Waals surface area contributed by atoms with Crippen molar-refractivity contribution >= 4 is 17.9 Å². The normalized spacial score (nSPS) is 14.7. The molecule has 27 heavy (non-hydrogen) atoms. The van der Waals surface area contributed by atoms with Crippen LogP contribution in [0.4, 0.5) is 0 Å². The summed E-state index contributed by atoms with van der Waals surface area (Å²) in [6.07, 6.45) is 1.65. The lowest BCUT2D eigenvalue weighted by molar-refractivity contribution is -0.129. The lowest BCUT2D eigenvalue weighted by Crippen LogP contribution is -2.07. The molecule has 0 amide bonds. The van der Waals surface area contributed by atoms with E-state index in [2.05, 4.69) is 4.99 Å². The van der Waals surface area contributed by atoms with Crippen molar-refractivity contribution in [1.82, 2.24) is 0 Å². The van der Waals surface area contributed by atoms with Crippen LogP contribution in [0.25, 0.3) is 6.08 Å². The van der Waals surface area contributed by atoms with Gasteiger partial charge >= 0.3 is 5.97 Å². The highest BCUT2D eigenvalue weighted by atomic mass is 16.6. The van der Waals surface area contributed by atoms with Gasteiger partial charge < -0.3 is 18.9 Å². The van der Waals surface area contributed by atoms with E-state index in [0.717, 1.165) is 5.56 Å². The molecule has 2 aromatic carbocycles. The average Bonchev–Trinajstić information content (AvgIpc) is 3.03. The summed E-state index contributed by atoms with van der Waals surface area (Å²) in [4.78, 5) is 16.6. The zero-order valence-electron chi connectivity index (χ0n) is 15.5. The quantitative estimate of drug-likeness (QED) is 0.549. The fourth-order valence-electron chi connectivity index (χ4n) is 2.66. The number of benzene rings is 2. The minimum atomic E-state index is -0.509. The lowest BCUT2D eigenvalue weighted by Gasteiger charge is -2.09. The fraction of sp³-hybridized carbons (Fsp3) is 0.238. The van der Waals surface area contributed by atoms with Crippen LogP contribution in [0, 0.1) is 0 Å². The highest BCUT2D eigenvalue weighted by Gasteiger charge is 2.26. The summed E-state index contributed by atoms with van der Waals surface area (Å²) in [5.41, 5.74) is 1.61. The molecule has 140 valence electrons. The molecule has 0 unspecified atom stereocenters. The average molecular weight is 367 g/mol. The molecule has 0 saturated heterocycles. The molecule has 0 atom stereocenters. The molecule has 0 saturated carbocycles. The van der Waals surface area contributed by atoms with E-state index in [0.29, 0.717) is 36.0 Å². The Morgan fingerprint density at radius 3 is 2.48 bits per heavy atom. The van der Waals surface area contributed by atoms with Crippen molar-refractivity contribution in [1.29, 1.82) is 0 Å². The molecule has 1 heterocycles. The molecular formula is C21H21NO5. The summed E-state index contributed by atoms with van der Waals surface area (Å²) in [6.45, 7) is 4.80. The second-order valence-electron chi connectivity index (χ2n) is 5.61. The third-order valence-electron chi connectivity index (χ3n) is 3.83. The number of hydrogen-bond acceptors (Lipinski definition) is 6. The summed E-state index contributed by atoms with van der Waals surface area (Å²) >= 11 is 0. The number of carbonyl (C=O) groups excluding carboxylic acids is 1. The van der Waals surface area contributed by atoms with Gasteiger partial charge in [-0.2, -0.15) is 0 Å². The van der Waals surface area contributed by atoms with Crippen molar-refractivity contribution in [2.75, 3.05) is 20.3 Å². The molecule has 1 aliphatic heterocycles. The summed E-state index contributed by atoms with van der Waals surface area (Å²) in [7, 11) is 1.58. The third-order valence-corrected chi connectivity index (χ3v) is 3.83. The topological polar surface area (TPSA) is 66.3 Å². The van der Waals surface area contributed by atoms with Gasteiger partial charge in [0.2, 0.25) is 5.90 Å². The first-order chi connectivity index (χ1) is 13.2. The fourth-order valence-corrected chi connectivity index (χ4v) is 2.66. The second kappa shape index (κ2) is 8.40. The van der Waals surface area contributed by atoms with Gasteiger partial charge in [-0.3, -0.25) is 0 Å². The maximum absolute atomic E-state index is 12.3. The van der Waals surface area contributed by atoms with Crippen LogP contribution in [0.3, 0.4) is 0 Å². The number of rotatable bonds is 7. The van der Waals surface area contributed by atoms with Crippen molar-refractivity contribution in [3.63, 3.8) is 0 Å². The number of carbonyl (C=O) groups is 1. The molecule has 2 aromatic rings. The predicted octanol–water partition coefficient (Wildman–Crippen LogP) is 3.84. The Bertz CT molecular complexity index is 901. The Kier molecular flexibility index (Phi) is 5.76. The van der Waals surface area contributed by atoms with E-state index < -0.39 is 5.97 Å². The van der Waals surface area contributed by atoms with Gasteiger partial charge in [0.15, 0.2) is 17.2 Å². The summed E-state index contributed by atoms with van der Waals surface area (Å²) in [5.74, 6) is 1.57. The zero-order valence-corrected chi connectivity index (χ0v) is 15.5. The number of hydrogen-bond donors (Lipinski definition) is 0. The van der Waals surface area contributed by atoms with Crippen molar-refractivity contribution in [3.05, 3.63) is 59.3 Å². The number of ether oxygens (including phenoxy) is 4. The summed E-state index contributed by atoms with van der Waals surface area (Å²) in [5, 5.41) is 0. The molecule has 0 aromatic heterocycles. The molecule has 1 aliphatic rings. The maximum Gasteiger partial charge on any atom is 0.363 e.